The van der Waals surface area contributed by atoms with Crippen LogP contribution in [0.25, 0.3) is 0 Å². The summed E-state index contributed by atoms with van der Waals surface area (Å²) in [7, 11) is -3.50. The van der Waals surface area contributed by atoms with Gasteiger partial charge in [0.15, 0.2) is 0 Å². The number of morpholine rings is 1. The second-order valence-corrected chi connectivity index (χ2v) is 10.5. The molecule has 0 bridgehead atoms. The normalized spacial score (nSPS) is 16.5. The van der Waals surface area contributed by atoms with Crippen LogP contribution in [0.2, 0.25) is 0 Å². The maximum absolute atomic E-state index is 12.7. The van der Waals surface area contributed by atoms with E-state index in [4.69, 9.17) is 4.74 Å². The lowest BCUT2D eigenvalue weighted by atomic mass is 9.96. The Morgan fingerprint density at radius 2 is 1.83 bits per heavy atom. The third-order valence-electron chi connectivity index (χ3n) is 4.74. The van der Waals surface area contributed by atoms with Crippen LogP contribution in [0, 0.1) is 5.92 Å². The summed E-state index contributed by atoms with van der Waals surface area (Å²) >= 11 is 1.18. The maximum atomic E-state index is 12.7. The second-order valence-electron chi connectivity index (χ2n) is 7.20. The number of hydrogen-bond donors (Lipinski definition) is 2. The van der Waals surface area contributed by atoms with Crippen molar-refractivity contribution < 1.29 is 17.9 Å². The van der Waals surface area contributed by atoms with Gasteiger partial charge < -0.3 is 15.4 Å². The molecule has 1 aliphatic rings. The molecule has 7 nitrogen and oxygen atoms in total. The van der Waals surface area contributed by atoms with E-state index < -0.39 is 10.0 Å². The Morgan fingerprint density at radius 3 is 2.48 bits per heavy atom. The van der Waals surface area contributed by atoms with Gasteiger partial charge in [0.05, 0.1) is 25.8 Å². The summed E-state index contributed by atoms with van der Waals surface area (Å²) in [4.78, 5) is 13.2. The van der Waals surface area contributed by atoms with Crippen LogP contribution in [0.15, 0.2) is 46.7 Å². The first-order chi connectivity index (χ1) is 13.9. The van der Waals surface area contributed by atoms with Gasteiger partial charge in [-0.2, -0.15) is 4.31 Å². The van der Waals surface area contributed by atoms with E-state index in [2.05, 4.69) is 24.5 Å². The van der Waals surface area contributed by atoms with Gasteiger partial charge in [0, 0.05) is 18.0 Å². The molecule has 158 valence electrons. The van der Waals surface area contributed by atoms with E-state index in [9.17, 15) is 13.2 Å². The number of nitrogens with one attached hydrogen (secondary N) is 2. The molecular formula is C20H27N3O4S2. The predicted octanol–water partition coefficient (Wildman–Crippen LogP) is 2.97. The third-order valence-corrected chi connectivity index (χ3v) is 8.19. The topological polar surface area (TPSA) is 87.7 Å². The van der Waals surface area contributed by atoms with Crippen LogP contribution in [0.3, 0.4) is 0 Å². The summed E-state index contributed by atoms with van der Waals surface area (Å²) in [5.74, 6) is 0.232. The number of sulfonamides is 1. The molecule has 2 aromatic rings. The Balaban J connectivity index is 1.58. The number of urea groups is 1. The molecule has 2 N–H and O–H groups in total. The monoisotopic (exact) mass is 437 g/mol. The lowest BCUT2D eigenvalue weighted by molar-refractivity contribution is 0.0731. The quantitative estimate of drug-likeness (QED) is 0.697. The molecule has 1 atom stereocenters. The van der Waals surface area contributed by atoms with Crippen molar-refractivity contribution in [1.29, 1.82) is 0 Å². The molecule has 29 heavy (non-hydrogen) atoms. The molecule has 0 spiro atoms. The van der Waals surface area contributed by atoms with Crippen LogP contribution >= 0.6 is 11.3 Å². The first kappa shape index (κ1) is 21.8. The SMILES string of the molecule is CC(C)[C@H](NC(=O)NCc1ccc(S(=O)(=O)N2CCOCC2)s1)c1ccccc1. The smallest absolute Gasteiger partial charge is 0.315 e. The van der Waals surface area contributed by atoms with Crippen LogP contribution in [0.1, 0.15) is 30.3 Å². The highest BCUT2D eigenvalue weighted by atomic mass is 32.2. The minimum absolute atomic E-state index is 0.100. The number of hydrogen-bond acceptors (Lipinski definition) is 5. The minimum Gasteiger partial charge on any atom is -0.379 e. The molecule has 2 amide bonds. The number of rotatable bonds is 7. The Hall–Kier alpha value is -1.94. The number of nitrogens with zero attached hydrogens (tertiary/aromatic N) is 1. The van der Waals surface area contributed by atoms with Gasteiger partial charge in [0.25, 0.3) is 10.0 Å². The van der Waals surface area contributed by atoms with Gasteiger partial charge in [0.1, 0.15) is 4.21 Å². The van der Waals surface area contributed by atoms with E-state index in [-0.39, 0.29) is 24.5 Å². The third kappa shape index (κ3) is 5.57. The lowest BCUT2D eigenvalue weighted by Crippen LogP contribution is -2.40. The van der Waals surface area contributed by atoms with E-state index in [1.807, 2.05) is 30.3 Å². The molecule has 1 aliphatic heterocycles. The molecule has 3 rings (SSSR count). The zero-order valence-corrected chi connectivity index (χ0v) is 18.3. The minimum atomic E-state index is -3.50. The van der Waals surface area contributed by atoms with Crippen molar-refractivity contribution >= 4 is 27.4 Å². The largest absolute Gasteiger partial charge is 0.379 e. The first-order valence-corrected chi connectivity index (χ1v) is 11.9. The molecule has 1 aromatic heterocycles. The van der Waals surface area contributed by atoms with Crippen molar-refractivity contribution in [2.75, 3.05) is 26.3 Å². The van der Waals surface area contributed by atoms with Crippen LogP contribution in [-0.2, 0) is 21.3 Å². The molecule has 9 heteroatoms. The highest BCUT2D eigenvalue weighted by molar-refractivity contribution is 7.91. The number of carbonyl (C=O) groups excluding carboxylic acids is 1. The highest BCUT2D eigenvalue weighted by Gasteiger charge is 2.27. The Morgan fingerprint density at radius 1 is 1.14 bits per heavy atom. The van der Waals surface area contributed by atoms with Crippen molar-refractivity contribution in [2.45, 2.75) is 30.6 Å². The molecular weight excluding hydrogens is 410 g/mol. The van der Waals surface area contributed by atoms with Gasteiger partial charge in [-0.05, 0) is 23.6 Å². The van der Waals surface area contributed by atoms with E-state index in [1.54, 1.807) is 12.1 Å². The van der Waals surface area contributed by atoms with Crippen molar-refractivity contribution in [3.05, 3.63) is 52.9 Å². The second kappa shape index (κ2) is 9.71. The van der Waals surface area contributed by atoms with Crippen molar-refractivity contribution in [3.8, 4) is 0 Å². The predicted molar refractivity (Wildman–Crippen MR) is 113 cm³/mol. The average Bonchev–Trinajstić information content (AvgIpc) is 3.21. The van der Waals surface area contributed by atoms with Gasteiger partial charge >= 0.3 is 6.03 Å². The molecule has 1 aromatic carbocycles. The van der Waals surface area contributed by atoms with E-state index >= 15 is 0 Å². The zero-order valence-electron chi connectivity index (χ0n) is 16.6. The summed E-state index contributed by atoms with van der Waals surface area (Å²) in [5.41, 5.74) is 1.05. The van der Waals surface area contributed by atoms with Gasteiger partial charge in [0.2, 0.25) is 0 Å². The average molecular weight is 438 g/mol. The van der Waals surface area contributed by atoms with Crippen LogP contribution in [0.5, 0.6) is 0 Å². The molecule has 1 saturated heterocycles. The number of ether oxygens (including phenoxy) is 1. The van der Waals surface area contributed by atoms with Crippen LogP contribution in [-0.4, -0.2) is 45.1 Å². The molecule has 0 unspecified atom stereocenters. The van der Waals surface area contributed by atoms with Crippen LogP contribution < -0.4 is 10.6 Å². The summed E-state index contributed by atoms with van der Waals surface area (Å²) in [5, 5.41) is 5.84. The number of amides is 2. The van der Waals surface area contributed by atoms with Crippen molar-refractivity contribution in [3.63, 3.8) is 0 Å². The summed E-state index contributed by atoms with van der Waals surface area (Å²) in [6.45, 7) is 5.95. The number of carbonyl (C=O) groups is 1. The Kier molecular flexibility index (Phi) is 7.28. The van der Waals surface area contributed by atoms with E-state index in [0.29, 0.717) is 30.5 Å². The summed E-state index contributed by atoms with van der Waals surface area (Å²) < 4.78 is 32.4. The lowest BCUT2D eigenvalue weighted by Gasteiger charge is -2.25. The van der Waals surface area contributed by atoms with Gasteiger partial charge in [-0.15, -0.1) is 11.3 Å². The van der Waals surface area contributed by atoms with Crippen molar-refractivity contribution in [1.82, 2.24) is 14.9 Å². The standard InChI is InChI=1S/C20H27N3O4S2/c1-15(2)19(16-6-4-3-5-7-16)22-20(24)21-14-17-8-9-18(28-17)29(25,26)23-10-12-27-13-11-23/h3-9,15,19H,10-14H2,1-2H3,(H2,21,22,24)/t19-/m0/s1. The first-order valence-electron chi connectivity index (χ1n) is 9.64. The number of thiophene rings is 1. The Bertz CT molecular complexity index is 907. The fourth-order valence-electron chi connectivity index (χ4n) is 3.16. The Labute approximate surface area is 176 Å². The molecule has 1 fully saturated rings. The van der Waals surface area contributed by atoms with Crippen molar-refractivity contribution in [2.24, 2.45) is 5.92 Å². The summed E-state index contributed by atoms with van der Waals surface area (Å²) in [6.07, 6.45) is 0. The molecule has 0 radical (unpaired) electrons. The fourth-order valence-corrected chi connectivity index (χ4v) is 6.02. The summed E-state index contributed by atoms with van der Waals surface area (Å²) in [6, 6.07) is 12.8. The molecule has 0 aliphatic carbocycles. The molecule has 0 saturated carbocycles. The number of benzene rings is 1. The highest BCUT2D eigenvalue weighted by Crippen LogP contribution is 2.26. The zero-order chi connectivity index (χ0) is 20.9. The fraction of sp³-hybridized carbons (Fsp3) is 0.450. The van der Waals surface area contributed by atoms with Gasteiger partial charge in [-0.25, -0.2) is 13.2 Å². The van der Waals surface area contributed by atoms with E-state index in [0.717, 1.165) is 10.4 Å². The maximum Gasteiger partial charge on any atom is 0.315 e. The van der Waals surface area contributed by atoms with Gasteiger partial charge in [-0.1, -0.05) is 44.2 Å². The van der Waals surface area contributed by atoms with E-state index in [1.165, 1.54) is 15.6 Å². The van der Waals surface area contributed by atoms with Crippen LogP contribution in [0.4, 0.5) is 4.79 Å². The van der Waals surface area contributed by atoms with Gasteiger partial charge in [-0.3, -0.25) is 0 Å². The molecule has 2 heterocycles.